The third-order valence-corrected chi connectivity index (χ3v) is 6.10. The van der Waals surface area contributed by atoms with E-state index in [0.29, 0.717) is 28.5 Å². The van der Waals surface area contributed by atoms with E-state index in [0.717, 1.165) is 0 Å². The largest absolute Gasteiger partial charge is 0.507 e. The number of benzene rings is 3. The Balaban J connectivity index is 1.95. The molecule has 0 aliphatic carbocycles. The molecule has 3 aromatic rings. The van der Waals surface area contributed by atoms with Crippen LogP contribution in [0.5, 0.6) is 17.2 Å². The smallest absolute Gasteiger partial charge is 0.300 e. The Morgan fingerprint density at radius 2 is 1.58 bits per heavy atom. The minimum absolute atomic E-state index is 0.0798. The average Bonchev–Trinajstić information content (AvgIpc) is 3.14. The molecule has 1 atom stereocenters. The topological polar surface area (TPSA) is 85.3 Å². The molecule has 1 saturated heterocycles. The molecule has 186 valence electrons. The summed E-state index contributed by atoms with van der Waals surface area (Å²) in [5, 5.41) is 11.6. The number of aliphatic hydroxyl groups excluding tert-OH is 1. The number of aliphatic hydroxyl groups is 1. The summed E-state index contributed by atoms with van der Waals surface area (Å²) in [5.74, 6) is -0.393. The second-order valence-electron chi connectivity index (χ2n) is 8.45. The highest BCUT2D eigenvalue weighted by Gasteiger charge is 2.47. The summed E-state index contributed by atoms with van der Waals surface area (Å²) in [4.78, 5) is 28.1. The number of ether oxygens (including phenoxy) is 3. The molecule has 0 aromatic heterocycles. The van der Waals surface area contributed by atoms with Crippen LogP contribution in [-0.2, 0) is 9.59 Å². The van der Waals surface area contributed by atoms with Gasteiger partial charge in [-0.05, 0) is 74.0 Å². The second kappa shape index (κ2) is 10.3. The van der Waals surface area contributed by atoms with Gasteiger partial charge in [0, 0.05) is 11.3 Å². The lowest BCUT2D eigenvalue weighted by atomic mass is 9.94. The normalized spacial score (nSPS) is 16.9. The molecule has 0 spiro atoms. The molecule has 0 saturated carbocycles. The first-order valence-electron chi connectivity index (χ1n) is 11.3. The fraction of sp³-hybridized carbons (Fsp3) is 0.214. The van der Waals surface area contributed by atoms with Crippen molar-refractivity contribution in [2.75, 3.05) is 19.1 Å². The Bertz CT molecular complexity index is 1330. The number of anilines is 1. The number of Topliss-reactive ketones (excluding diaryl/α,β-unsaturated/α-hetero) is 1. The Morgan fingerprint density at radius 3 is 2.22 bits per heavy atom. The van der Waals surface area contributed by atoms with Gasteiger partial charge in [-0.2, -0.15) is 0 Å². The molecule has 1 N–H and O–H groups in total. The highest BCUT2D eigenvalue weighted by atomic mass is 35.5. The van der Waals surface area contributed by atoms with Crippen LogP contribution in [0, 0.1) is 0 Å². The number of rotatable bonds is 7. The van der Waals surface area contributed by atoms with Crippen molar-refractivity contribution < 1.29 is 28.9 Å². The van der Waals surface area contributed by atoms with Gasteiger partial charge < -0.3 is 19.3 Å². The van der Waals surface area contributed by atoms with Crippen LogP contribution in [0.25, 0.3) is 5.76 Å². The maximum absolute atomic E-state index is 13.4. The molecule has 1 aliphatic heterocycles. The number of hydrogen-bond acceptors (Lipinski definition) is 6. The lowest BCUT2D eigenvalue weighted by Gasteiger charge is -2.26. The molecule has 7 nitrogen and oxygen atoms in total. The SMILES string of the molecule is COc1ccc(N2C(=O)C(=O)/C(=C(/O)c3cc(OC)ccc3Cl)C2c2cccc(OC(C)C)c2)cc1. The fourth-order valence-electron chi connectivity index (χ4n) is 4.15. The zero-order valence-corrected chi connectivity index (χ0v) is 21.1. The maximum Gasteiger partial charge on any atom is 0.300 e. The molecule has 8 heteroatoms. The van der Waals surface area contributed by atoms with Crippen molar-refractivity contribution in [1.29, 1.82) is 0 Å². The predicted octanol–water partition coefficient (Wildman–Crippen LogP) is 5.77. The fourth-order valence-corrected chi connectivity index (χ4v) is 4.35. The molecule has 1 fully saturated rings. The Labute approximate surface area is 214 Å². The van der Waals surface area contributed by atoms with Gasteiger partial charge in [-0.3, -0.25) is 14.5 Å². The van der Waals surface area contributed by atoms with E-state index in [9.17, 15) is 14.7 Å². The van der Waals surface area contributed by atoms with Gasteiger partial charge in [0.05, 0.1) is 37.0 Å². The molecule has 4 rings (SSSR count). The van der Waals surface area contributed by atoms with E-state index in [1.54, 1.807) is 67.8 Å². The summed E-state index contributed by atoms with van der Waals surface area (Å²) in [5.41, 5.74) is 1.15. The van der Waals surface area contributed by atoms with E-state index in [1.165, 1.54) is 18.1 Å². The van der Waals surface area contributed by atoms with Gasteiger partial charge in [0.25, 0.3) is 11.7 Å². The molecular formula is C28H26ClNO6. The molecule has 1 amide bonds. The van der Waals surface area contributed by atoms with E-state index in [2.05, 4.69) is 0 Å². The zero-order valence-electron chi connectivity index (χ0n) is 20.3. The summed E-state index contributed by atoms with van der Waals surface area (Å²) in [7, 11) is 3.02. The van der Waals surface area contributed by atoms with Gasteiger partial charge in [0.15, 0.2) is 0 Å². The third kappa shape index (κ3) is 4.75. The number of hydrogen-bond donors (Lipinski definition) is 1. The molecule has 1 heterocycles. The average molecular weight is 508 g/mol. The van der Waals surface area contributed by atoms with Crippen LogP contribution in [-0.4, -0.2) is 37.1 Å². The van der Waals surface area contributed by atoms with E-state index in [4.69, 9.17) is 25.8 Å². The van der Waals surface area contributed by atoms with Crippen LogP contribution in [0.3, 0.4) is 0 Å². The molecule has 1 aliphatic rings. The highest BCUT2D eigenvalue weighted by Crippen LogP contribution is 2.44. The van der Waals surface area contributed by atoms with Crippen LogP contribution >= 0.6 is 11.6 Å². The molecule has 3 aromatic carbocycles. The van der Waals surface area contributed by atoms with Crippen LogP contribution in [0.2, 0.25) is 5.02 Å². The van der Waals surface area contributed by atoms with Gasteiger partial charge in [-0.15, -0.1) is 0 Å². The van der Waals surface area contributed by atoms with Crippen LogP contribution in [0.1, 0.15) is 31.0 Å². The quantitative estimate of drug-likeness (QED) is 0.248. The summed E-state index contributed by atoms with van der Waals surface area (Å²) in [6, 6.07) is 17.7. The first-order chi connectivity index (χ1) is 17.2. The van der Waals surface area contributed by atoms with Gasteiger partial charge in [-0.1, -0.05) is 23.7 Å². The number of ketones is 1. The lowest BCUT2D eigenvalue weighted by Crippen LogP contribution is -2.29. The van der Waals surface area contributed by atoms with E-state index in [1.807, 2.05) is 13.8 Å². The van der Waals surface area contributed by atoms with Gasteiger partial charge in [0.2, 0.25) is 0 Å². The molecule has 0 radical (unpaired) electrons. The molecule has 36 heavy (non-hydrogen) atoms. The predicted molar refractivity (Wildman–Crippen MR) is 138 cm³/mol. The van der Waals surface area contributed by atoms with Gasteiger partial charge in [-0.25, -0.2) is 0 Å². The van der Waals surface area contributed by atoms with Crippen molar-refractivity contribution in [3.63, 3.8) is 0 Å². The van der Waals surface area contributed by atoms with Gasteiger partial charge >= 0.3 is 0 Å². The summed E-state index contributed by atoms with van der Waals surface area (Å²) in [6.07, 6.45) is -0.0798. The minimum atomic E-state index is -0.934. The number of methoxy groups -OCH3 is 2. The Hall–Kier alpha value is -3.97. The summed E-state index contributed by atoms with van der Waals surface area (Å²) in [6.45, 7) is 3.81. The number of carbonyl (C=O) groups excluding carboxylic acids is 2. The van der Waals surface area contributed by atoms with Gasteiger partial charge in [0.1, 0.15) is 23.0 Å². The van der Waals surface area contributed by atoms with E-state index < -0.39 is 23.5 Å². The summed E-state index contributed by atoms with van der Waals surface area (Å²) >= 11 is 6.38. The monoisotopic (exact) mass is 507 g/mol. The molecular weight excluding hydrogens is 482 g/mol. The number of amides is 1. The molecule has 1 unspecified atom stereocenters. The number of nitrogens with zero attached hydrogens (tertiary/aromatic N) is 1. The van der Waals surface area contributed by atoms with Crippen molar-refractivity contribution in [3.05, 3.63) is 88.5 Å². The zero-order chi connectivity index (χ0) is 26.0. The van der Waals surface area contributed by atoms with Crippen molar-refractivity contribution >= 4 is 34.7 Å². The number of halogens is 1. The van der Waals surface area contributed by atoms with Crippen molar-refractivity contribution in [3.8, 4) is 17.2 Å². The summed E-state index contributed by atoms with van der Waals surface area (Å²) < 4.78 is 16.3. The third-order valence-electron chi connectivity index (χ3n) is 5.77. The lowest BCUT2D eigenvalue weighted by molar-refractivity contribution is -0.132. The first kappa shape index (κ1) is 25.1. The Morgan fingerprint density at radius 1 is 0.917 bits per heavy atom. The maximum atomic E-state index is 13.4. The van der Waals surface area contributed by atoms with Crippen LogP contribution in [0.15, 0.2) is 72.3 Å². The second-order valence-corrected chi connectivity index (χ2v) is 8.86. The highest BCUT2D eigenvalue weighted by molar-refractivity contribution is 6.52. The van der Waals surface area contributed by atoms with Crippen molar-refractivity contribution in [1.82, 2.24) is 0 Å². The minimum Gasteiger partial charge on any atom is -0.507 e. The van der Waals surface area contributed by atoms with E-state index in [-0.39, 0.29) is 22.3 Å². The molecule has 0 bridgehead atoms. The number of carbonyl (C=O) groups is 2. The van der Waals surface area contributed by atoms with Crippen molar-refractivity contribution in [2.24, 2.45) is 0 Å². The Kier molecular flexibility index (Phi) is 7.22. The first-order valence-corrected chi connectivity index (χ1v) is 11.7. The van der Waals surface area contributed by atoms with Crippen LogP contribution in [0.4, 0.5) is 5.69 Å². The standard InChI is InChI=1S/C28H26ClNO6/c1-16(2)36-21-7-5-6-17(14-21)25-24(26(31)22-15-20(35-4)12-13-23(22)29)27(32)28(33)30(25)18-8-10-19(34-3)11-9-18/h5-16,25,31H,1-4H3/b26-24+. The van der Waals surface area contributed by atoms with E-state index >= 15 is 0 Å². The van der Waals surface area contributed by atoms with Crippen molar-refractivity contribution in [2.45, 2.75) is 26.0 Å². The van der Waals surface area contributed by atoms with Crippen LogP contribution < -0.4 is 19.1 Å².